The van der Waals surface area contributed by atoms with Crippen LogP contribution in [-0.2, 0) is 4.79 Å². The van der Waals surface area contributed by atoms with Gasteiger partial charge in [0.2, 0.25) is 5.91 Å². The number of nitrogens with two attached hydrogens (primary N) is 1. The van der Waals surface area contributed by atoms with Crippen LogP contribution >= 0.6 is 0 Å². The minimum Gasteiger partial charge on any atom is -0.369 e. The zero-order valence-electron chi connectivity index (χ0n) is 11.0. The zero-order chi connectivity index (χ0) is 13.0. The van der Waals surface area contributed by atoms with Crippen LogP contribution in [0, 0.1) is 5.92 Å². The molecule has 1 aromatic rings. The zero-order valence-corrected chi connectivity index (χ0v) is 11.0. The molecule has 1 atom stereocenters. The maximum atomic E-state index is 11.1. The molecule has 1 heterocycles. The highest BCUT2D eigenvalue weighted by Gasteiger charge is 2.23. The van der Waals surface area contributed by atoms with Gasteiger partial charge in [0.15, 0.2) is 0 Å². The van der Waals surface area contributed by atoms with E-state index in [1.807, 2.05) is 0 Å². The van der Waals surface area contributed by atoms with Crippen LogP contribution in [0.2, 0.25) is 0 Å². The van der Waals surface area contributed by atoms with E-state index in [2.05, 4.69) is 42.2 Å². The Morgan fingerprint density at radius 2 is 1.94 bits per heavy atom. The van der Waals surface area contributed by atoms with Gasteiger partial charge in [-0.05, 0) is 37.4 Å². The smallest absolute Gasteiger partial charge is 0.220 e. The lowest BCUT2D eigenvalue weighted by Gasteiger charge is -2.32. The second kappa shape index (κ2) is 6.01. The Hall–Kier alpha value is -1.35. The monoisotopic (exact) mass is 246 g/mol. The van der Waals surface area contributed by atoms with E-state index in [1.54, 1.807) is 0 Å². The third kappa shape index (κ3) is 3.33. The van der Waals surface area contributed by atoms with Gasteiger partial charge in [-0.15, -0.1) is 0 Å². The van der Waals surface area contributed by atoms with E-state index in [0.717, 1.165) is 32.5 Å². The molecule has 3 nitrogen and oxygen atoms in total. The number of amides is 1. The summed E-state index contributed by atoms with van der Waals surface area (Å²) in [4.78, 5) is 13.5. The molecular formula is C15H22N2O. The van der Waals surface area contributed by atoms with Crippen molar-refractivity contribution in [3.8, 4) is 0 Å². The van der Waals surface area contributed by atoms with E-state index in [4.69, 9.17) is 5.73 Å². The molecule has 0 radical (unpaired) electrons. The highest BCUT2D eigenvalue weighted by Crippen LogP contribution is 2.21. The number of primary amides is 1. The number of hydrogen-bond acceptors (Lipinski definition) is 2. The quantitative estimate of drug-likeness (QED) is 0.883. The van der Waals surface area contributed by atoms with Crippen LogP contribution < -0.4 is 5.73 Å². The third-order valence-electron chi connectivity index (χ3n) is 3.89. The molecule has 1 unspecified atom stereocenters. The molecule has 0 aliphatic carbocycles. The van der Waals surface area contributed by atoms with E-state index in [1.165, 1.54) is 5.56 Å². The summed E-state index contributed by atoms with van der Waals surface area (Å²) in [5.41, 5.74) is 6.73. The van der Waals surface area contributed by atoms with Gasteiger partial charge in [0.1, 0.15) is 0 Å². The Balaban J connectivity index is 1.83. The van der Waals surface area contributed by atoms with Gasteiger partial charge in [0.25, 0.3) is 0 Å². The second-order valence-electron chi connectivity index (χ2n) is 5.29. The molecule has 1 aliphatic rings. The predicted molar refractivity (Wildman–Crippen MR) is 73.2 cm³/mol. The van der Waals surface area contributed by atoms with Crippen LogP contribution in [0.4, 0.5) is 0 Å². The Morgan fingerprint density at radius 3 is 2.50 bits per heavy atom. The first kappa shape index (κ1) is 13.1. The fraction of sp³-hybridized carbons (Fsp3) is 0.533. The average Bonchev–Trinajstić information content (AvgIpc) is 2.40. The molecule has 18 heavy (non-hydrogen) atoms. The molecule has 0 spiro atoms. The Bertz CT molecular complexity index is 383. The van der Waals surface area contributed by atoms with Crippen molar-refractivity contribution in [1.29, 1.82) is 0 Å². The van der Waals surface area contributed by atoms with Gasteiger partial charge in [-0.2, -0.15) is 0 Å². The number of piperidine rings is 1. The van der Waals surface area contributed by atoms with Crippen molar-refractivity contribution in [1.82, 2.24) is 4.90 Å². The molecule has 2 N–H and O–H groups in total. The van der Waals surface area contributed by atoms with Crippen LogP contribution in [-0.4, -0.2) is 30.4 Å². The molecule has 1 fully saturated rings. The van der Waals surface area contributed by atoms with Gasteiger partial charge in [-0.25, -0.2) is 0 Å². The van der Waals surface area contributed by atoms with Gasteiger partial charge >= 0.3 is 0 Å². The van der Waals surface area contributed by atoms with Crippen LogP contribution in [0.1, 0.15) is 31.2 Å². The van der Waals surface area contributed by atoms with Gasteiger partial charge in [-0.1, -0.05) is 37.3 Å². The summed E-state index contributed by atoms with van der Waals surface area (Å²) in [5, 5.41) is 0. The van der Waals surface area contributed by atoms with Crippen LogP contribution in [0.15, 0.2) is 30.3 Å². The van der Waals surface area contributed by atoms with Gasteiger partial charge in [0.05, 0.1) is 0 Å². The minimum absolute atomic E-state index is 0.0910. The number of carbonyl (C=O) groups is 1. The second-order valence-corrected chi connectivity index (χ2v) is 5.29. The Morgan fingerprint density at radius 1 is 1.33 bits per heavy atom. The van der Waals surface area contributed by atoms with E-state index in [9.17, 15) is 4.79 Å². The van der Waals surface area contributed by atoms with Gasteiger partial charge in [0, 0.05) is 12.5 Å². The van der Waals surface area contributed by atoms with Gasteiger partial charge in [-0.3, -0.25) is 4.79 Å². The van der Waals surface area contributed by atoms with Gasteiger partial charge < -0.3 is 10.6 Å². The Kier molecular flexibility index (Phi) is 4.37. The van der Waals surface area contributed by atoms with Crippen molar-refractivity contribution >= 4 is 5.91 Å². The number of carbonyl (C=O) groups excluding carboxylic acids is 1. The fourth-order valence-electron chi connectivity index (χ4n) is 2.67. The molecule has 1 aromatic carbocycles. The standard InChI is InChI=1S/C15H22N2O/c1-12(13-5-3-2-4-6-13)11-17-9-7-14(8-10-17)15(16)18/h2-6,12,14H,7-11H2,1H3,(H2,16,18). The lowest BCUT2D eigenvalue weighted by molar-refractivity contribution is -0.123. The summed E-state index contributed by atoms with van der Waals surface area (Å²) >= 11 is 0. The highest BCUT2D eigenvalue weighted by molar-refractivity contribution is 5.76. The average molecular weight is 246 g/mol. The lowest BCUT2D eigenvalue weighted by atomic mass is 9.94. The van der Waals surface area contributed by atoms with Crippen LogP contribution in [0.3, 0.4) is 0 Å². The summed E-state index contributed by atoms with van der Waals surface area (Å²) < 4.78 is 0. The number of rotatable bonds is 4. The van der Waals surface area contributed by atoms with Crippen molar-refractivity contribution in [2.24, 2.45) is 11.7 Å². The van der Waals surface area contributed by atoms with Crippen LogP contribution in [0.25, 0.3) is 0 Å². The summed E-state index contributed by atoms with van der Waals surface area (Å²) in [6.45, 7) is 5.31. The third-order valence-corrected chi connectivity index (χ3v) is 3.89. The van der Waals surface area contributed by atoms with E-state index >= 15 is 0 Å². The molecule has 0 aromatic heterocycles. The topological polar surface area (TPSA) is 46.3 Å². The predicted octanol–water partition coefficient (Wildman–Crippen LogP) is 1.99. The first-order chi connectivity index (χ1) is 8.66. The first-order valence-electron chi connectivity index (χ1n) is 6.73. The SMILES string of the molecule is CC(CN1CCC(C(N)=O)CC1)c1ccccc1. The lowest BCUT2D eigenvalue weighted by Crippen LogP contribution is -2.40. The molecule has 3 heteroatoms. The summed E-state index contributed by atoms with van der Waals surface area (Å²) in [6.07, 6.45) is 1.83. The highest BCUT2D eigenvalue weighted by atomic mass is 16.1. The van der Waals surface area contributed by atoms with E-state index < -0.39 is 0 Å². The van der Waals surface area contributed by atoms with Crippen molar-refractivity contribution in [2.75, 3.05) is 19.6 Å². The maximum Gasteiger partial charge on any atom is 0.220 e. The molecule has 98 valence electrons. The number of likely N-dealkylation sites (tertiary alicyclic amines) is 1. The van der Waals surface area contributed by atoms with E-state index in [0.29, 0.717) is 5.92 Å². The van der Waals surface area contributed by atoms with Crippen molar-refractivity contribution in [2.45, 2.75) is 25.7 Å². The summed E-state index contributed by atoms with van der Waals surface area (Å²) in [6, 6.07) is 10.6. The molecule has 0 saturated carbocycles. The summed E-state index contributed by atoms with van der Waals surface area (Å²) in [7, 11) is 0. The number of benzene rings is 1. The molecule has 1 amide bonds. The van der Waals surface area contributed by atoms with Crippen molar-refractivity contribution < 1.29 is 4.79 Å². The molecule has 1 aliphatic heterocycles. The van der Waals surface area contributed by atoms with Crippen molar-refractivity contribution in [3.63, 3.8) is 0 Å². The first-order valence-corrected chi connectivity index (χ1v) is 6.73. The number of hydrogen-bond donors (Lipinski definition) is 1. The fourth-order valence-corrected chi connectivity index (χ4v) is 2.67. The maximum absolute atomic E-state index is 11.1. The molecule has 2 rings (SSSR count). The molecular weight excluding hydrogens is 224 g/mol. The summed E-state index contributed by atoms with van der Waals surface area (Å²) in [5.74, 6) is 0.496. The van der Waals surface area contributed by atoms with E-state index in [-0.39, 0.29) is 11.8 Å². The minimum atomic E-state index is -0.134. The normalized spacial score (nSPS) is 19.6. The molecule has 1 saturated heterocycles. The largest absolute Gasteiger partial charge is 0.369 e. The molecule has 0 bridgehead atoms. The van der Waals surface area contributed by atoms with Crippen molar-refractivity contribution in [3.05, 3.63) is 35.9 Å². The van der Waals surface area contributed by atoms with Crippen LogP contribution in [0.5, 0.6) is 0 Å². The number of nitrogens with zero attached hydrogens (tertiary/aromatic N) is 1. The Labute approximate surface area is 109 Å².